The summed E-state index contributed by atoms with van der Waals surface area (Å²) in [7, 11) is 0. The van der Waals surface area contributed by atoms with Crippen molar-refractivity contribution < 1.29 is 23.5 Å². The van der Waals surface area contributed by atoms with Crippen molar-refractivity contribution in [2.45, 2.75) is 30.0 Å². The van der Waals surface area contributed by atoms with E-state index >= 15 is 0 Å². The molecule has 0 amide bonds. The van der Waals surface area contributed by atoms with Crippen LogP contribution in [0.25, 0.3) is 11.0 Å². The van der Waals surface area contributed by atoms with Gasteiger partial charge in [0.15, 0.2) is 16.0 Å². The van der Waals surface area contributed by atoms with Crippen LogP contribution >= 0.6 is 35.8 Å². The van der Waals surface area contributed by atoms with Gasteiger partial charge in [0.05, 0.1) is 30.1 Å². The van der Waals surface area contributed by atoms with Gasteiger partial charge in [0, 0.05) is 34.6 Å². The lowest BCUT2D eigenvalue weighted by Gasteiger charge is -2.31. The number of imidazole rings is 1. The Balaban J connectivity index is 0.00000294. The zero-order valence-electron chi connectivity index (χ0n) is 20.3. The maximum Gasteiger partial charge on any atom is 0.515 e. The average molecular weight is 576 g/mol. The first-order valence-corrected chi connectivity index (χ1v) is 12.8. The number of rotatable bonds is 5. The van der Waals surface area contributed by atoms with Crippen molar-refractivity contribution in [2.75, 3.05) is 25.0 Å². The molecular weight excluding hydrogens is 553 g/mol. The summed E-state index contributed by atoms with van der Waals surface area (Å²) in [5.41, 5.74) is 5.23. The standard InChI is InChI=1S/C25H22ClN5O5S.ClH/c1-3-34-25(33)36-23-22-12(8-28-23)20(21-16(29-22)9-27-10-17(21)32)18-4-5-19(35-18)37-24-30-14-6-11(2)13(26)7-15(14)31-24;/h4-8,20,27-29H,3,9-10H2,1-2H3,(H,30,31);1H. The van der Waals surface area contributed by atoms with Crippen LogP contribution in [0.15, 0.2) is 56.4 Å². The second-order valence-electron chi connectivity index (χ2n) is 8.63. The van der Waals surface area contributed by atoms with Crippen molar-refractivity contribution >= 4 is 64.4 Å². The van der Waals surface area contributed by atoms with E-state index in [2.05, 4.69) is 25.6 Å². The predicted octanol–water partition coefficient (Wildman–Crippen LogP) is 5.54. The highest BCUT2D eigenvalue weighted by Gasteiger charge is 2.39. The fraction of sp³-hybridized carbons (Fsp3) is 0.240. The molecule has 3 aromatic heterocycles. The van der Waals surface area contributed by atoms with Gasteiger partial charge in [0.2, 0.25) is 5.88 Å². The lowest BCUT2D eigenvalue weighted by molar-refractivity contribution is -0.115. The van der Waals surface area contributed by atoms with E-state index in [-0.39, 0.29) is 37.2 Å². The summed E-state index contributed by atoms with van der Waals surface area (Å²) in [6.45, 7) is 4.52. The molecule has 6 rings (SSSR count). The van der Waals surface area contributed by atoms with Crippen molar-refractivity contribution in [3.8, 4) is 5.88 Å². The molecular formula is C25H23Cl2N5O5S. The summed E-state index contributed by atoms with van der Waals surface area (Å²) < 4.78 is 16.5. The lowest BCUT2D eigenvalue weighted by Crippen LogP contribution is -2.39. The quantitative estimate of drug-likeness (QED) is 0.226. The molecule has 1 aromatic carbocycles. The molecule has 198 valence electrons. The second-order valence-corrected chi connectivity index (χ2v) is 10.0. The molecule has 0 bridgehead atoms. The SMILES string of the molecule is CCOC(=O)Oc1[nH]cc2c1NC1=C(C(=O)CNC1)C2c1ccc(Sc2nc3cc(Cl)c(C)cc3[nH]2)o1.Cl. The predicted molar refractivity (Wildman–Crippen MR) is 145 cm³/mol. The van der Waals surface area contributed by atoms with Crippen LogP contribution in [-0.2, 0) is 9.53 Å². The first kappa shape index (κ1) is 26.2. The number of Topliss-reactive ketones (excluding diaryl/α,β-unsaturated/α-hetero) is 1. The highest BCUT2D eigenvalue weighted by molar-refractivity contribution is 7.99. The van der Waals surface area contributed by atoms with Crippen LogP contribution in [0.2, 0.25) is 5.02 Å². The Morgan fingerprint density at radius 3 is 2.95 bits per heavy atom. The Bertz CT molecular complexity index is 1550. The van der Waals surface area contributed by atoms with Crippen molar-refractivity contribution in [3.63, 3.8) is 0 Å². The normalized spacial score (nSPS) is 16.5. The summed E-state index contributed by atoms with van der Waals surface area (Å²) in [6.07, 6.45) is 0.892. The highest BCUT2D eigenvalue weighted by atomic mass is 35.5. The van der Waals surface area contributed by atoms with E-state index in [9.17, 15) is 9.59 Å². The number of nitrogens with one attached hydrogen (secondary N) is 4. The minimum absolute atomic E-state index is 0. The lowest BCUT2D eigenvalue weighted by atomic mass is 9.82. The first-order valence-electron chi connectivity index (χ1n) is 11.6. The van der Waals surface area contributed by atoms with Gasteiger partial charge in [-0.05, 0) is 55.4 Å². The average Bonchev–Trinajstić information content (AvgIpc) is 3.58. The Morgan fingerprint density at radius 2 is 2.13 bits per heavy atom. The maximum atomic E-state index is 13.0. The zero-order chi connectivity index (χ0) is 25.7. The van der Waals surface area contributed by atoms with Crippen molar-refractivity contribution in [2.24, 2.45) is 0 Å². The number of benzene rings is 1. The molecule has 0 fully saturated rings. The molecule has 13 heteroatoms. The number of furan rings is 1. The van der Waals surface area contributed by atoms with Gasteiger partial charge in [-0.2, -0.15) is 0 Å². The summed E-state index contributed by atoms with van der Waals surface area (Å²) in [4.78, 5) is 35.8. The van der Waals surface area contributed by atoms with E-state index in [1.54, 1.807) is 13.1 Å². The molecule has 4 N–H and O–H groups in total. The van der Waals surface area contributed by atoms with Gasteiger partial charge in [0.25, 0.3) is 0 Å². The fourth-order valence-electron chi connectivity index (χ4n) is 4.60. The van der Waals surface area contributed by atoms with Crippen molar-refractivity contribution in [3.05, 3.63) is 63.6 Å². The molecule has 0 radical (unpaired) electrons. The number of nitrogens with zero attached hydrogens (tertiary/aromatic N) is 1. The monoisotopic (exact) mass is 575 g/mol. The molecule has 0 saturated heterocycles. The van der Waals surface area contributed by atoms with Crippen LogP contribution in [0.4, 0.5) is 10.5 Å². The molecule has 5 heterocycles. The molecule has 1 atom stereocenters. The molecule has 10 nitrogen and oxygen atoms in total. The fourth-order valence-corrected chi connectivity index (χ4v) is 5.53. The van der Waals surface area contributed by atoms with Gasteiger partial charge in [-0.15, -0.1) is 12.4 Å². The number of ether oxygens (including phenoxy) is 2. The van der Waals surface area contributed by atoms with Gasteiger partial charge < -0.3 is 34.5 Å². The number of carbonyl (C=O) groups is 2. The Kier molecular flexibility index (Phi) is 7.19. The number of carbonyl (C=O) groups excluding carboxylic acids is 2. The smallest absolute Gasteiger partial charge is 0.453 e. The molecule has 2 aliphatic heterocycles. The maximum absolute atomic E-state index is 13.0. The third-order valence-corrected chi connectivity index (χ3v) is 7.45. The van der Waals surface area contributed by atoms with E-state index in [0.29, 0.717) is 44.5 Å². The number of ketones is 1. The van der Waals surface area contributed by atoms with E-state index in [1.165, 1.54) is 11.8 Å². The minimum atomic E-state index is -0.817. The number of fused-ring (bicyclic) bond motifs is 2. The number of H-pyrrole nitrogens is 2. The van der Waals surface area contributed by atoms with Crippen LogP contribution in [0.5, 0.6) is 5.88 Å². The van der Waals surface area contributed by atoms with E-state index < -0.39 is 12.1 Å². The Hall–Kier alpha value is -3.38. The summed E-state index contributed by atoms with van der Waals surface area (Å²) in [6, 6.07) is 7.49. The topological polar surface area (TPSA) is 134 Å². The minimum Gasteiger partial charge on any atom is -0.453 e. The van der Waals surface area contributed by atoms with Gasteiger partial charge in [-0.1, -0.05) is 11.6 Å². The number of aryl methyl sites for hydroxylation is 1. The number of aromatic amines is 2. The van der Waals surface area contributed by atoms with Crippen LogP contribution in [0.3, 0.4) is 0 Å². The third-order valence-electron chi connectivity index (χ3n) is 6.23. The largest absolute Gasteiger partial charge is 0.515 e. The summed E-state index contributed by atoms with van der Waals surface area (Å²) in [5.74, 6) is 0.279. The van der Waals surface area contributed by atoms with E-state index in [4.69, 9.17) is 25.5 Å². The summed E-state index contributed by atoms with van der Waals surface area (Å²) >= 11 is 7.58. The number of hydrogen-bond acceptors (Lipinski definition) is 9. The van der Waals surface area contributed by atoms with E-state index in [0.717, 1.165) is 22.2 Å². The Labute approximate surface area is 232 Å². The summed E-state index contributed by atoms with van der Waals surface area (Å²) in [5, 5.41) is 8.28. The Morgan fingerprint density at radius 1 is 1.29 bits per heavy atom. The van der Waals surface area contributed by atoms with Gasteiger partial charge >= 0.3 is 6.16 Å². The number of anilines is 1. The van der Waals surface area contributed by atoms with Gasteiger partial charge in [-0.3, -0.25) is 4.79 Å². The zero-order valence-corrected chi connectivity index (χ0v) is 22.7. The van der Waals surface area contributed by atoms with Crippen LogP contribution in [0.1, 0.15) is 29.7 Å². The van der Waals surface area contributed by atoms with Crippen LogP contribution < -0.4 is 15.4 Å². The van der Waals surface area contributed by atoms with Crippen LogP contribution in [-0.4, -0.2) is 46.6 Å². The van der Waals surface area contributed by atoms with Crippen LogP contribution in [0, 0.1) is 6.92 Å². The van der Waals surface area contributed by atoms with Crippen molar-refractivity contribution in [1.82, 2.24) is 20.3 Å². The third kappa shape index (κ3) is 4.66. The first-order chi connectivity index (χ1) is 17.9. The number of hydrogen-bond donors (Lipinski definition) is 4. The van der Waals surface area contributed by atoms with Gasteiger partial charge in [0.1, 0.15) is 11.4 Å². The molecule has 0 saturated carbocycles. The molecule has 2 aliphatic rings. The molecule has 0 spiro atoms. The van der Waals surface area contributed by atoms with E-state index in [1.807, 2.05) is 31.2 Å². The second kappa shape index (κ2) is 10.4. The highest BCUT2D eigenvalue weighted by Crippen LogP contribution is 2.47. The van der Waals surface area contributed by atoms with Crippen molar-refractivity contribution in [1.29, 1.82) is 0 Å². The molecule has 4 aromatic rings. The molecule has 38 heavy (non-hydrogen) atoms. The van der Waals surface area contributed by atoms with Gasteiger partial charge in [-0.25, -0.2) is 9.78 Å². The molecule has 0 aliphatic carbocycles. The number of aromatic nitrogens is 3. The number of halogens is 2. The molecule has 1 unspecified atom stereocenters.